The van der Waals surface area contributed by atoms with Crippen LogP contribution in [0.25, 0.3) is 0 Å². The number of ether oxygens (including phenoxy) is 3. The average molecular weight is 219 g/mol. The minimum atomic E-state index is 0.177. The molecule has 0 bridgehead atoms. The van der Waals surface area contributed by atoms with E-state index in [1.807, 2.05) is 0 Å². The lowest BCUT2D eigenvalue weighted by atomic mass is 9.90. The molecule has 15 heavy (non-hydrogen) atoms. The van der Waals surface area contributed by atoms with Gasteiger partial charge in [0.1, 0.15) is 0 Å². The largest absolute Gasteiger partial charge is 0.382 e. The van der Waals surface area contributed by atoms with Crippen molar-refractivity contribution in [2.75, 3.05) is 46.7 Å². The van der Waals surface area contributed by atoms with E-state index in [4.69, 9.17) is 19.9 Å². The molecule has 4 nitrogen and oxygen atoms in total. The van der Waals surface area contributed by atoms with Crippen molar-refractivity contribution >= 4 is 0 Å². The van der Waals surface area contributed by atoms with Crippen molar-refractivity contribution in [1.82, 2.24) is 0 Å². The highest BCUT2D eigenvalue weighted by Crippen LogP contribution is 2.17. The van der Waals surface area contributed by atoms with Crippen LogP contribution < -0.4 is 5.73 Å². The van der Waals surface area contributed by atoms with Gasteiger partial charge in [-0.1, -0.05) is 13.8 Å². The number of hydrogen-bond donors (Lipinski definition) is 1. The minimum absolute atomic E-state index is 0.177. The van der Waals surface area contributed by atoms with Crippen molar-refractivity contribution in [3.8, 4) is 0 Å². The molecule has 0 unspecified atom stereocenters. The van der Waals surface area contributed by atoms with E-state index in [0.29, 0.717) is 33.0 Å². The third kappa shape index (κ3) is 10.1. The molecule has 0 fully saturated rings. The van der Waals surface area contributed by atoms with E-state index < -0.39 is 0 Å². The van der Waals surface area contributed by atoms with E-state index in [0.717, 1.165) is 13.0 Å². The zero-order chi connectivity index (χ0) is 11.6. The van der Waals surface area contributed by atoms with Crippen LogP contribution in [0.5, 0.6) is 0 Å². The molecule has 0 aliphatic rings. The van der Waals surface area contributed by atoms with Crippen LogP contribution in [-0.2, 0) is 14.2 Å². The number of nitrogens with two attached hydrogens (primary N) is 1. The molecule has 0 atom stereocenters. The summed E-state index contributed by atoms with van der Waals surface area (Å²) in [6, 6.07) is 0. The summed E-state index contributed by atoms with van der Waals surface area (Å²) < 4.78 is 15.5. The number of methoxy groups -OCH3 is 1. The van der Waals surface area contributed by atoms with Crippen molar-refractivity contribution in [2.24, 2.45) is 11.1 Å². The monoisotopic (exact) mass is 219 g/mol. The Labute approximate surface area is 93.1 Å². The smallest absolute Gasteiger partial charge is 0.0701 e. The summed E-state index contributed by atoms with van der Waals surface area (Å²) in [4.78, 5) is 0. The Hall–Kier alpha value is -0.160. The molecule has 0 aromatic rings. The molecule has 0 saturated carbocycles. The van der Waals surface area contributed by atoms with Gasteiger partial charge in [-0.15, -0.1) is 0 Å². The van der Waals surface area contributed by atoms with Gasteiger partial charge in [-0.2, -0.15) is 0 Å². The van der Waals surface area contributed by atoms with Crippen LogP contribution in [0.15, 0.2) is 0 Å². The fourth-order valence-electron chi connectivity index (χ4n) is 0.915. The number of rotatable bonds is 10. The van der Waals surface area contributed by atoms with Gasteiger partial charge in [0.05, 0.1) is 26.4 Å². The normalized spacial score (nSPS) is 12.0. The Morgan fingerprint density at radius 3 is 2.00 bits per heavy atom. The predicted octanol–water partition coefficient (Wildman–Crippen LogP) is 1.04. The molecule has 0 saturated heterocycles. The molecule has 92 valence electrons. The molecule has 0 radical (unpaired) electrons. The lowest BCUT2D eigenvalue weighted by Gasteiger charge is -2.21. The van der Waals surface area contributed by atoms with Crippen molar-refractivity contribution in [2.45, 2.75) is 20.3 Å². The topological polar surface area (TPSA) is 53.7 Å². The van der Waals surface area contributed by atoms with Crippen LogP contribution in [0.2, 0.25) is 0 Å². The molecule has 0 aliphatic carbocycles. The molecule has 0 aromatic carbocycles. The molecule has 0 aliphatic heterocycles. The lowest BCUT2D eigenvalue weighted by Crippen LogP contribution is -2.25. The summed E-state index contributed by atoms with van der Waals surface area (Å²) in [7, 11) is 1.66. The second-order valence-electron chi connectivity index (χ2n) is 4.34. The Morgan fingerprint density at radius 1 is 0.933 bits per heavy atom. The van der Waals surface area contributed by atoms with E-state index in [2.05, 4.69) is 13.8 Å². The highest BCUT2D eigenvalue weighted by Gasteiger charge is 2.14. The zero-order valence-electron chi connectivity index (χ0n) is 10.3. The minimum Gasteiger partial charge on any atom is -0.382 e. The van der Waals surface area contributed by atoms with Crippen LogP contribution in [0.4, 0.5) is 0 Å². The Balaban J connectivity index is 3.11. The maximum atomic E-state index is 5.61. The Kier molecular flexibility index (Phi) is 9.00. The summed E-state index contributed by atoms with van der Waals surface area (Å²) >= 11 is 0. The molecule has 4 heteroatoms. The van der Waals surface area contributed by atoms with Crippen LogP contribution in [-0.4, -0.2) is 46.7 Å². The summed E-state index contributed by atoms with van der Waals surface area (Å²) in [6.45, 7) is 8.28. The van der Waals surface area contributed by atoms with Crippen molar-refractivity contribution in [3.63, 3.8) is 0 Å². The maximum absolute atomic E-state index is 5.61. The van der Waals surface area contributed by atoms with Gasteiger partial charge in [-0.25, -0.2) is 0 Å². The first-order chi connectivity index (χ1) is 7.12. The van der Waals surface area contributed by atoms with Gasteiger partial charge in [0.25, 0.3) is 0 Å². The SMILES string of the molecule is COCCOCCOCCC(C)(C)CN. The molecule has 0 heterocycles. The fourth-order valence-corrected chi connectivity index (χ4v) is 0.915. The molecule has 0 amide bonds. The van der Waals surface area contributed by atoms with E-state index in [-0.39, 0.29) is 5.41 Å². The molecular weight excluding hydrogens is 194 g/mol. The van der Waals surface area contributed by atoms with Gasteiger partial charge in [-0.05, 0) is 18.4 Å². The van der Waals surface area contributed by atoms with Gasteiger partial charge < -0.3 is 19.9 Å². The highest BCUT2D eigenvalue weighted by molar-refractivity contribution is 4.68. The molecule has 2 N–H and O–H groups in total. The average Bonchev–Trinajstić information content (AvgIpc) is 2.22. The molecule has 0 aromatic heterocycles. The van der Waals surface area contributed by atoms with Crippen LogP contribution in [0, 0.1) is 5.41 Å². The van der Waals surface area contributed by atoms with Crippen molar-refractivity contribution in [1.29, 1.82) is 0 Å². The van der Waals surface area contributed by atoms with Gasteiger partial charge in [-0.3, -0.25) is 0 Å². The first kappa shape index (κ1) is 14.8. The van der Waals surface area contributed by atoms with Crippen molar-refractivity contribution in [3.05, 3.63) is 0 Å². The van der Waals surface area contributed by atoms with Crippen LogP contribution >= 0.6 is 0 Å². The number of hydrogen-bond acceptors (Lipinski definition) is 4. The maximum Gasteiger partial charge on any atom is 0.0701 e. The molecule has 0 spiro atoms. The van der Waals surface area contributed by atoms with Gasteiger partial charge in [0, 0.05) is 13.7 Å². The lowest BCUT2D eigenvalue weighted by molar-refractivity contribution is 0.0189. The third-order valence-corrected chi connectivity index (χ3v) is 2.28. The van der Waals surface area contributed by atoms with E-state index in [9.17, 15) is 0 Å². The Morgan fingerprint density at radius 2 is 1.47 bits per heavy atom. The van der Waals surface area contributed by atoms with E-state index in [1.165, 1.54) is 0 Å². The van der Waals surface area contributed by atoms with Crippen LogP contribution in [0.1, 0.15) is 20.3 Å². The Bertz CT molecular complexity index is 140. The third-order valence-electron chi connectivity index (χ3n) is 2.28. The predicted molar refractivity (Wildman–Crippen MR) is 61.0 cm³/mol. The van der Waals surface area contributed by atoms with E-state index in [1.54, 1.807) is 7.11 Å². The first-order valence-corrected chi connectivity index (χ1v) is 5.47. The summed E-state index contributed by atoms with van der Waals surface area (Å²) in [5.41, 5.74) is 5.79. The first-order valence-electron chi connectivity index (χ1n) is 5.47. The highest BCUT2D eigenvalue weighted by atomic mass is 16.5. The standard InChI is InChI=1S/C11H25NO3/c1-11(2,10-12)4-5-14-8-9-15-7-6-13-3/h4-10,12H2,1-3H3. The van der Waals surface area contributed by atoms with Crippen LogP contribution in [0.3, 0.4) is 0 Å². The molecule has 0 rings (SSSR count). The summed E-state index contributed by atoms with van der Waals surface area (Å²) in [5, 5.41) is 0. The van der Waals surface area contributed by atoms with Gasteiger partial charge in [0.15, 0.2) is 0 Å². The fraction of sp³-hybridized carbons (Fsp3) is 1.00. The van der Waals surface area contributed by atoms with E-state index >= 15 is 0 Å². The zero-order valence-corrected chi connectivity index (χ0v) is 10.3. The summed E-state index contributed by atoms with van der Waals surface area (Å²) in [5.74, 6) is 0. The second kappa shape index (κ2) is 9.09. The van der Waals surface area contributed by atoms with Crippen molar-refractivity contribution < 1.29 is 14.2 Å². The van der Waals surface area contributed by atoms with Gasteiger partial charge in [0.2, 0.25) is 0 Å². The quantitative estimate of drug-likeness (QED) is 0.558. The molecular formula is C11H25NO3. The summed E-state index contributed by atoms with van der Waals surface area (Å²) in [6.07, 6.45) is 0.988. The van der Waals surface area contributed by atoms with Gasteiger partial charge >= 0.3 is 0 Å². The second-order valence-corrected chi connectivity index (χ2v) is 4.34.